The summed E-state index contributed by atoms with van der Waals surface area (Å²) < 4.78 is 44.4. The summed E-state index contributed by atoms with van der Waals surface area (Å²) in [6.07, 6.45) is 12.4. The van der Waals surface area contributed by atoms with Gasteiger partial charge in [0.1, 0.15) is 5.82 Å². The van der Waals surface area contributed by atoms with E-state index in [1.807, 2.05) is 36.4 Å². The molecule has 0 aliphatic heterocycles. The van der Waals surface area contributed by atoms with E-state index in [1.165, 1.54) is 11.1 Å². The van der Waals surface area contributed by atoms with Crippen LogP contribution in [0.15, 0.2) is 60.7 Å². The van der Waals surface area contributed by atoms with Crippen molar-refractivity contribution in [2.75, 3.05) is 0 Å². The molecule has 0 heterocycles. The summed E-state index contributed by atoms with van der Waals surface area (Å²) in [5.41, 5.74) is 5.65. The topological polar surface area (TPSA) is 0 Å². The lowest BCUT2D eigenvalue weighted by molar-refractivity contribution is 0.440. The van der Waals surface area contributed by atoms with Gasteiger partial charge < -0.3 is 0 Å². The van der Waals surface area contributed by atoms with E-state index in [2.05, 4.69) is 19.9 Å². The molecule has 1 atom stereocenters. The molecule has 37 heavy (non-hydrogen) atoms. The third-order valence-electron chi connectivity index (χ3n) is 7.78. The zero-order valence-corrected chi connectivity index (χ0v) is 22.3. The van der Waals surface area contributed by atoms with Crippen molar-refractivity contribution in [3.05, 3.63) is 100 Å². The van der Waals surface area contributed by atoms with Gasteiger partial charge in [0.2, 0.25) is 0 Å². The summed E-state index contributed by atoms with van der Waals surface area (Å²) in [5, 5.41) is 0. The molecule has 0 aromatic heterocycles. The highest BCUT2D eigenvalue weighted by atomic mass is 19.2. The Labute approximate surface area is 220 Å². The zero-order valence-electron chi connectivity index (χ0n) is 22.3. The van der Waals surface area contributed by atoms with Gasteiger partial charge in [0.25, 0.3) is 0 Å². The van der Waals surface area contributed by atoms with E-state index in [1.54, 1.807) is 18.2 Å². The van der Waals surface area contributed by atoms with E-state index in [4.69, 9.17) is 0 Å². The quantitative estimate of drug-likeness (QED) is 0.228. The van der Waals surface area contributed by atoms with Crippen LogP contribution in [0.25, 0.3) is 16.7 Å². The van der Waals surface area contributed by atoms with Crippen LogP contribution in [0, 0.1) is 23.4 Å². The van der Waals surface area contributed by atoms with E-state index in [-0.39, 0.29) is 5.82 Å². The largest absolute Gasteiger partial charge is 0.207 e. The van der Waals surface area contributed by atoms with Crippen molar-refractivity contribution in [2.45, 2.75) is 84.5 Å². The Morgan fingerprint density at radius 2 is 1.49 bits per heavy atom. The van der Waals surface area contributed by atoms with Gasteiger partial charge in [-0.2, -0.15) is 0 Å². The van der Waals surface area contributed by atoms with Crippen molar-refractivity contribution in [1.82, 2.24) is 0 Å². The minimum absolute atomic E-state index is 0.102. The van der Waals surface area contributed by atoms with Crippen LogP contribution in [-0.2, 0) is 19.3 Å². The van der Waals surface area contributed by atoms with Crippen LogP contribution >= 0.6 is 0 Å². The smallest absolute Gasteiger partial charge is 0.166 e. The average molecular weight is 505 g/mol. The Balaban J connectivity index is 1.34. The van der Waals surface area contributed by atoms with Crippen LogP contribution in [0.1, 0.15) is 87.5 Å². The number of hydrogen-bond acceptors (Lipinski definition) is 0. The molecular formula is C34H39F3. The molecule has 0 N–H and O–H groups in total. The maximum absolute atomic E-state index is 14.9. The summed E-state index contributed by atoms with van der Waals surface area (Å²) >= 11 is 0. The monoisotopic (exact) mass is 504 g/mol. The average Bonchev–Trinajstić information content (AvgIpc) is 2.92. The van der Waals surface area contributed by atoms with Gasteiger partial charge in [-0.1, -0.05) is 87.7 Å². The standard InChI is InChI=1S/C34H39F3/c1-3-5-6-8-28-19-20-30(23-32(28)35)26-14-9-25(10-15-26)13-18-29-21-22-31(34(37)33(29)36)27-16-11-24(7-4-2)12-17-27/h11-12,14,16-17,19-23,25H,3-10,13,15,18H2,1-2H3. The van der Waals surface area contributed by atoms with Gasteiger partial charge in [-0.15, -0.1) is 0 Å². The van der Waals surface area contributed by atoms with E-state index in [9.17, 15) is 13.2 Å². The molecule has 3 aromatic rings. The number of unbranched alkanes of at least 4 members (excludes halogenated alkanes) is 2. The van der Waals surface area contributed by atoms with Crippen molar-refractivity contribution >= 4 is 5.57 Å². The van der Waals surface area contributed by atoms with Crippen molar-refractivity contribution in [3.8, 4) is 11.1 Å². The fourth-order valence-corrected chi connectivity index (χ4v) is 5.43. The molecule has 3 heteroatoms. The lowest BCUT2D eigenvalue weighted by Gasteiger charge is -2.22. The SMILES string of the molecule is CCCCCc1ccc(C2=CCC(CCc3ccc(-c4ccc(CCC)cc4)c(F)c3F)CC2)cc1F. The van der Waals surface area contributed by atoms with Crippen molar-refractivity contribution in [2.24, 2.45) is 5.92 Å². The predicted molar refractivity (Wildman–Crippen MR) is 149 cm³/mol. The number of allylic oxidation sites excluding steroid dienone is 2. The second-order valence-corrected chi connectivity index (χ2v) is 10.5. The van der Waals surface area contributed by atoms with E-state index < -0.39 is 11.6 Å². The molecule has 3 aromatic carbocycles. The predicted octanol–water partition coefficient (Wildman–Crippen LogP) is 10.3. The normalized spacial score (nSPS) is 15.6. The minimum Gasteiger partial charge on any atom is -0.207 e. The zero-order chi connectivity index (χ0) is 26.2. The summed E-state index contributed by atoms with van der Waals surface area (Å²) in [6, 6.07) is 16.9. The Bertz CT molecular complexity index is 1210. The Kier molecular flexibility index (Phi) is 9.66. The molecule has 0 saturated heterocycles. The van der Waals surface area contributed by atoms with Gasteiger partial charge in [0.15, 0.2) is 11.6 Å². The van der Waals surface area contributed by atoms with Crippen molar-refractivity contribution < 1.29 is 13.2 Å². The number of aryl methyl sites for hydroxylation is 3. The second-order valence-electron chi connectivity index (χ2n) is 10.5. The third-order valence-corrected chi connectivity index (χ3v) is 7.78. The molecule has 0 amide bonds. The van der Waals surface area contributed by atoms with Crippen LogP contribution in [0.2, 0.25) is 0 Å². The van der Waals surface area contributed by atoms with Gasteiger partial charge in [-0.25, -0.2) is 13.2 Å². The first-order valence-electron chi connectivity index (χ1n) is 14.0. The van der Waals surface area contributed by atoms with Crippen LogP contribution < -0.4 is 0 Å². The molecule has 0 nitrogen and oxygen atoms in total. The molecule has 1 aliphatic rings. The van der Waals surface area contributed by atoms with Crippen LogP contribution in [-0.4, -0.2) is 0 Å². The van der Waals surface area contributed by atoms with Crippen molar-refractivity contribution in [3.63, 3.8) is 0 Å². The molecule has 0 spiro atoms. The van der Waals surface area contributed by atoms with Gasteiger partial charge in [0, 0.05) is 5.56 Å². The maximum Gasteiger partial charge on any atom is 0.166 e. The molecule has 0 fully saturated rings. The fourth-order valence-electron chi connectivity index (χ4n) is 5.43. The molecule has 4 rings (SSSR count). The van der Waals surface area contributed by atoms with Crippen LogP contribution in [0.4, 0.5) is 13.2 Å². The molecule has 1 unspecified atom stereocenters. The Hall–Kier alpha value is -2.81. The first-order chi connectivity index (χ1) is 18.0. The van der Waals surface area contributed by atoms with Crippen molar-refractivity contribution in [1.29, 1.82) is 0 Å². The van der Waals surface area contributed by atoms with E-state index in [0.29, 0.717) is 29.0 Å². The van der Waals surface area contributed by atoms with E-state index in [0.717, 1.165) is 75.3 Å². The molecule has 0 radical (unpaired) electrons. The first-order valence-corrected chi connectivity index (χ1v) is 14.0. The lowest BCUT2D eigenvalue weighted by atomic mass is 9.83. The third kappa shape index (κ3) is 6.94. The molecule has 0 bridgehead atoms. The molecule has 0 saturated carbocycles. The number of halogens is 3. The first kappa shape index (κ1) is 27.2. The van der Waals surface area contributed by atoms with Gasteiger partial charge >= 0.3 is 0 Å². The summed E-state index contributed by atoms with van der Waals surface area (Å²) in [6.45, 7) is 4.28. The summed E-state index contributed by atoms with van der Waals surface area (Å²) in [7, 11) is 0. The van der Waals surface area contributed by atoms with Gasteiger partial charge in [-0.3, -0.25) is 0 Å². The van der Waals surface area contributed by atoms with Gasteiger partial charge in [0.05, 0.1) is 0 Å². The molecule has 196 valence electrons. The minimum atomic E-state index is -0.758. The Morgan fingerprint density at radius 1 is 0.730 bits per heavy atom. The highest BCUT2D eigenvalue weighted by Gasteiger charge is 2.19. The second kappa shape index (κ2) is 13.1. The summed E-state index contributed by atoms with van der Waals surface area (Å²) in [4.78, 5) is 0. The molecule has 1 aliphatic carbocycles. The van der Waals surface area contributed by atoms with Gasteiger partial charge in [-0.05, 0) is 96.7 Å². The highest BCUT2D eigenvalue weighted by molar-refractivity contribution is 5.67. The number of benzene rings is 3. The maximum atomic E-state index is 14.9. The van der Waals surface area contributed by atoms with Crippen LogP contribution in [0.3, 0.4) is 0 Å². The lowest BCUT2D eigenvalue weighted by Crippen LogP contribution is -2.08. The molecular weight excluding hydrogens is 465 g/mol. The van der Waals surface area contributed by atoms with Crippen LogP contribution in [0.5, 0.6) is 0 Å². The van der Waals surface area contributed by atoms with E-state index >= 15 is 0 Å². The fraction of sp³-hybridized carbons (Fsp3) is 0.412. The number of hydrogen-bond donors (Lipinski definition) is 0. The summed E-state index contributed by atoms with van der Waals surface area (Å²) in [5.74, 6) is -1.16. The number of rotatable bonds is 11. The Morgan fingerprint density at radius 3 is 2.16 bits per heavy atom. The highest BCUT2D eigenvalue weighted by Crippen LogP contribution is 2.34.